The number of nitrogens with zero attached hydrogens (tertiary/aromatic N) is 3. The first-order valence-corrected chi connectivity index (χ1v) is 8.88. The smallest absolute Gasteiger partial charge is 0.335 e. The van der Waals surface area contributed by atoms with Gasteiger partial charge in [-0.1, -0.05) is 12.1 Å². The summed E-state index contributed by atoms with van der Waals surface area (Å²) in [7, 11) is -1.68. The lowest BCUT2D eigenvalue weighted by Gasteiger charge is -2.12. The second kappa shape index (κ2) is 8.95. The Morgan fingerprint density at radius 1 is 1.11 bits per heavy atom. The molecule has 0 aliphatic heterocycles. The van der Waals surface area contributed by atoms with Gasteiger partial charge >= 0.3 is 18.1 Å². The predicted molar refractivity (Wildman–Crippen MR) is 91.3 cm³/mol. The third-order valence-corrected chi connectivity index (χ3v) is 4.27. The molecular weight excluding hydrogens is 382 g/mol. The number of hydrogen-bond acceptors (Lipinski definition) is 10. The maximum absolute atomic E-state index is 12.4. The molecule has 3 N–H and O–H groups in total. The number of carbonyl (C=O) groups is 1. The molecule has 0 saturated heterocycles. The van der Waals surface area contributed by atoms with Crippen molar-refractivity contribution in [2.45, 2.75) is 4.90 Å². The average Bonchev–Trinajstić information content (AvgIpc) is 2.65. The SMILES string of the molecule is COc1nc(NC(=O)NS(=O)(=O)c2ccccc2OCCO)nc(OC)n1. The van der Waals surface area contributed by atoms with Crippen LogP contribution in [0.5, 0.6) is 17.8 Å². The van der Waals surface area contributed by atoms with E-state index in [-0.39, 0.29) is 41.8 Å². The first kappa shape index (κ1) is 20.1. The highest BCUT2D eigenvalue weighted by Gasteiger charge is 2.23. The summed E-state index contributed by atoms with van der Waals surface area (Å²) in [5, 5.41) is 11.0. The third kappa shape index (κ3) is 5.39. The summed E-state index contributed by atoms with van der Waals surface area (Å²) in [6.07, 6.45) is 0. The van der Waals surface area contributed by atoms with E-state index in [9.17, 15) is 13.2 Å². The molecule has 1 aromatic heterocycles. The number of benzene rings is 1. The Kier molecular flexibility index (Phi) is 6.67. The Labute approximate surface area is 154 Å². The molecule has 0 bridgehead atoms. The van der Waals surface area contributed by atoms with Crippen molar-refractivity contribution in [1.29, 1.82) is 0 Å². The molecule has 0 spiro atoms. The number of urea groups is 1. The number of rotatable bonds is 8. The van der Waals surface area contributed by atoms with Crippen molar-refractivity contribution < 1.29 is 32.5 Å². The fourth-order valence-electron chi connectivity index (χ4n) is 1.83. The lowest BCUT2D eigenvalue weighted by molar-refractivity contribution is 0.198. The van der Waals surface area contributed by atoms with Crippen LogP contribution in [0.15, 0.2) is 29.2 Å². The summed E-state index contributed by atoms with van der Waals surface area (Å²) >= 11 is 0. The molecule has 12 nitrogen and oxygen atoms in total. The van der Waals surface area contributed by atoms with Gasteiger partial charge in [0.1, 0.15) is 17.3 Å². The Morgan fingerprint density at radius 3 is 2.33 bits per heavy atom. The second-order valence-corrected chi connectivity index (χ2v) is 6.36. The van der Waals surface area contributed by atoms with Gasteiger partial charge in [0.05, 0.1) is 20.8 Å². The highest BCUT2D eigenvalue weighted by atomic mass is 32.2. The van der Waals surface area contributed by atoms with Crippen LogP contribution in [0.2, 0.25) is 0 Å². The summed E-state index contributed by atoms with van der Waals surface area (Å²) in [6, 6.07) is 4.25. The normalized spacial score (nSPS) is 10.8. The number of nitrogens with one attached hydrogen (secondary N) is 2. The second-order valence-electron chi connectivity index (χ2n) is 4.71. The number of aliphatic hydroxyl groups excluding tert-OH is 1. The van der Waals surface area contributed by atoms with Crippen LogP contribution < -0.4 is 24.2 Å². The fraction of sp³-hybridized carbons (Fsp3) is 0.286. The molecule has 0 fully saturated rings. The van der Waals surface area contributed by atoms with Crippen molar-refractivity contribution in [3.63, 3.8) is 0 Å². The van der Waals surface area contributed by atoms with E-state index in [0.717, 1.165) is 0 Å². The standard InChI is InChI=1S/C14H17N5O7S/c1-24-13-16-11(17-14(18-13)25-2)15-12(21)19-27(22,23)10-6-4-3-5-9(10)26-8-7-20/h3-6,20H,7-8H2,1-2H3,(H2,15,16,17,18,19,21). The molecule has 2 aromatic rings. The Hall–Kier alpha value is -3.19. The summed E-state index contributed by atoms with van der Waals surface area (Å²) in [6.45, 7) is -0.408. The molecule has 1 aromatic carbocycles. The predicted octanol–water partition coefficient (Wildman–Crippen LogP) is -0.230. The molecule has 0 aliphatic carbocycles. The fourth-order valence-corrected chi connectivity index (χ4v) is 2.88. The van der Waals surface area contributed by atoms with Crippen LogP contribution in [0.4, 0.5) is 10.7 Å². The zero-order valence-electron chi connectivity index (χ0n) is 14.4. The van der Waals surface area contributed by atoms with Crippen LogP contribution in [0.1, 0.15) is 0 Å². The number of hydrogen-bond donors (Lipinski definition) is 3. The number of carbonyl (C=O) groups excluding carboxylic acids is 1. The highest BCUT2D eigenvalue weighted by Crippen LogP contribution is 2.23. The van der Waals surface area contributed by atoms with Crippen LogP contribution in [0, 0.1) is 0 Å². The highest BCUT2D eigenvalue weighted by molar-refractivity contribution is 7.90. The topological polar surface area (TPSA) is 162 Å². The lowest BCUT2D eigenvalue weighted by atomic mass is 10.3. The van der Waals surface area contributed by atoms with E-state index in [0.29, 0.717) is 0 Å². The van der Waals surface area contributed by atoms with E-state index < -0.39 is 16.1 Å². The van der Waals surface area contributed by atoms with Crippen LogP contribution in [-0.4, -0.2) is 61.9 Å². The van der Waals surface area contributed by atoms with Gasteiger partial charge in [0.25, 0.3) is 10.0 Å². The van der Waals surface area contributed by atoms with Gasteiger partial charge < -0.3 is 19.3 Å². The van der Waals surface area contributed by atoms with E-state index in [1.165, 1.54) is 32.4 Å². The minimum atomic E-state index is -4.27. The van der Waals surface area contributed by atoms with Crippen molar-refractivity contribution in [3.8, 4) is 17.8 Å². The first-order valence-electron chi connectivity index (χ1n) is 7.40. The van der Waals surface area contributed by atoms with Crippen molar-refractivity contribution in [1.82, 2.24) is 19.7 Å². The van der Waals surface area contributed by atoms with E-state index in [4.69, 9.17) is 19.3 Å². The molecule has 0 radical (unpaired) electrons. The zero-order valence-corrected chi connectivity index (χ0v) is 15.2. The summed E-state index contributed by atoms with van der Waals surface area (Å²) in [4.78, 5) is 23.0. The van der Waals surface area contributed by atoms with Crippen molar-refractivity contribution in [2.24, 2.45) is 0 Å². The van der Waals surface area contributed by atoms with Crippen LogP contribution in [-0.2, 0) is 10.0 Å². The molecule has 0 atom stereocenters. The Balaban J connectivity index is 2.18. The number of para-hydroxylation sites is 1. The summed E-state index contributed by atoms with van der Waals surface area (Å²) in [5.74, 6) is -0.299. The maximum atomic E-state index is 12.4. The molecule has 1 heterocycles. The number of anilines is 1. The largest absolute Gasteiger partial charge is 0.490 e. The molecule has 0 aliphatic rings. The molecule has 2 rings (SSSR count). The zero-order chi connectivity index (χ0) is 19.9. The number of ether oxygens (including phenoxy) is 3. The van der Waals surface area contributed by atoms with E-state index in [2.05, 4.69) is 20.3 Å². The maximum Gasteiger partial charge on any atom is 0.335 e. The van der Waals surface area contributed by atoms with Gasteiger partial charge in [0, 0.05) is 0 Å². The van der Waals surface area contributed by atoms with E-state index >= 15 is 0 Å². The lowest BCUT2D eigenvalue weighted by Crippen LogP contribution is -2.35. The Bertz CT molecular complexity index is 884. The van der Waals surface area contributed by atoms with Gasteiger partial charge in [-0.05, 0) is 12.1 Å². The van der Waals surface area contributed by atoms with Gasteiger partial charge in [0.2, 0.25) is 5.95 Å². The van der Waals surface area contributed by atoms with Gasteiger partial charge in [0.15, 0.2) is 0 Å². The monoisotopic (exact) mass is 399 g/mol. The minimum absolute atomic E-state index is 0.0182. The quantitative estimate of drug-likeness (QED) is 0.540. The number of aliphatic hydroxyl groups is 1. The van der Waals surface area contributed by atoms with Crippen LogP contribution >= 0.6 is 0 Å². The van der Waals surface area contributed by atoms with Gasteiger partial charge in [-0.3, -0.25) is 5.32 Å². The Morgan fingerprint density at radius 2 is 1.74 bits per heavy atom. The minimum Gasteiger partial charge on any atom is -0.490 e. The molecule has 13 heteroatoms. The van der Waals surface area contributed by atoms with Gasteiger partial charge in [-0.15, -0.1) is 4.98 Å². The summed E-state index contributed by atoms with van der Waals surface area (Å²) < 4.78 is 41.5. The van der Waals surface area contributed by atoms with Crippen molar-refractivity contribution >= 4 is 22.0 Å². The van der Waals surface area contributed by atoms with Crippen LogP contribution in [0.3, 0.4) is 0 Å². The summed E-state index contributed by atoms with van der Waals surface area (Å²) in [5.41, 5.74) is 0. The van der Waals surface area contributed by atoms with Crippen molar-refractivity contribution in [3.05, 3.63) is 24.3 Å². The third-order valence-electron chi connectivity index (χ3n) is 2.90. The first-order chi connectivity index (χ1) is 12.9. The number of amides is 2. The molecule has 0 saturated carbocycles. The average molecular weight is 399 g/mol. The molecule has 146 valence electrons. The molecule has 27 heavy (non-hydrogen) atoms. The van der Waals surface area contributed by atoms with Gasteiger partial charge in [-0.2, -0.15) is 9.97 Å². The molecule has 2 amide bonds. The molecular formula is C14H17N5O7S. The number of sulfonamides is 1. The molecule has 0 unspecified atom stereocenters. The van der Waals surface area contributed by atoms with E-state index in [1.54, 1.807) is 6.07 Å². The number of aromatic nitrogens is 3. The van der Waals surface area contributed by atoms with Crippen molar-refractivity contribution in [2.75, 3.05) is 32.8 Å². The van der Waals surface area contributed by atoms with E-state index in [1.807, 2.05) is 4.72 Å². The number of methoxy groups -OCH3 is 2. The van der Waals surface area contributed by atoms with Gasteiger partial charge in [-0.25, -0.2) is 17.9 Å². The van der Waals surface area contributed by atoms with Crippen LogP contribution in [0.25, 0.3) is 0 Å².